The second kappa shape index (κ2) is 7.34. The molecular formula is C24H25ClN2O2. The van der Waals surface area contributed by atoms with Crippen LogP contribution in [0.25, 0.3) is 5.57 Å². The van der Waals surface area contributed by atoms with Gasteiger partial charge in [-0.1, -0.05) is 56.6 Å². The fraction of sp³-hybridized carbons (Fsp3) is 0.333. The first-order valence-electron chi connectivity index (χ1n) is 10.0. The third-order valence-corrected chi connectivity index (χ3v) is 5.86. The minimum absolute atomic E-state index is 0.00495. The van der Waals surface area contributed by atoms with Crippen molar-refractivity contribution in [2.24, 2.45) is 0 Å². The van der Waals surface area contributed by atoms with Gasteiger partial charge in [0.15, 0.2) is 0 Å². The van der Waals surface area contributed by atoms with E-state index in [1.807, 2.05) is 41.3 Å². The van der Waals surface area contributed by atoms with Crippen molar-refractivity contribution in [3.8, 4) is 0 Å². The molecule has 2 amide bonds. The topological polar surface area (TPSA) is 40.6 Å². The van der Waals surface area contributed by atoms with Gasteiger partial charge in [0.1, 0.15) is 5.70 Å². The first kappa shape index (κ1) is 19.7. The van der Waals surface area contributed by atoms with Crippen LogP contribution in [0.4, 0.5) is 5.69 Å². The van der Waals surface area contributed by atoms with E-state index in [0.717, 1.165) is 37.1 Å². The van der Waals surface area contributed by atoms with Gasteiger partial charge in [-0.25, -0.2) is 4.90 Å². The third-order valence-electron chi connectivity index (χ3n) is 5.61. The number of nitrogens with zero attached hydrogens (tertiary/aromatic N) is 2. The molecule has 2 aliphatic heterocycles. The Bertz CT molecular complexity index is 979. The van der Waals surface area contributed by atoms with Crippen LogP contribution in [0.2, 0.25) is 5.02 Å². The Morgan fingerprint density at radius 3 is 1.97 bits per heavy atom. The molecule has 0 aliphatic carbocycles. The monoisotopic (exact) mass is 408 g/mol. The van der Waals surface area contributed by atoms with Crippen molar-refractivity contribution in [2.45, 2.75) is 39.0 Å². The molecule has 0 radical (unpaired) electrons. The van der Waals surface area contributed by atoms with Crippen molar-refractivity contribution in [1.82, 2.24) is 4.90 Å². The Morgan fingerprint density at radius 1 is 0.828 bits per heavy atom. The number of carbonyl (C=O) groups excluding carboxylic acids is 2. The fourth-order valence-corrected chi connectivity index (χ4v) is 4.10. The summed E-state index contributed by atoms with van der Waals surface area (Å²) in [5.74, 6) is -0.520. The average Bonchev–Trinajstić information content (AvgIpc) is 3.28. The number of amides is 2. The van der Waals surface area contributed by atoms with Crippen molar-refractivity contribution in [3.05, 3.63) is 70.4 Å². The Hall–Kier alpha value is -2.59. The largest absolute Gasteiger partial charge is 0.366 e. The molecule has 29 heavy (non-hydrogen) atoms. The maximum absolute atomic E-state index is 13.4. The van der Waals surface area contributed by atoms with Gasteiger partial charge < -0.3 is 4.90 Å². The highest BCUT2D eigenvalue weighted by molar-refractivity contribution is 6.45. The molecule has 4 rings (SSSR count). The van der Waals surface area contributed by atoms with Crippen LogP contribution in [0.1, 0.15) is 44.7 Å². The van der Waals surface area contributed by atoms with E-state index in [1.54, 1.807) is 12.1 Å². The van der Waals surface area contributed by atoms with E-state index in [-0.39, 0.29) is 17.2 Å². The number of rotatable bonds is 3. The molecule has 0 atom stereocenters. The molecule has 2 heterocycles. The lowest BCUT2D eigenvalue weighted by atomic mass is 9.87. The van der Waals surface area contributed by atoms with Gasteiger partial charge in [0.05, 0.1) is 11.3 Å². The van der Waals surface area contributed by atoms with Gasteiger partial charge in [-0.15, -0.1) is 0 Å². The van der Waals surface area contributed by atoms with Crippen LogP contribution in [-0.4, -0.2) is 29.8 Å². The van der Waals surface area contributed by atoms with Gasteiger partial charge in [0.25, 0.3) is 11.8 Å². The van der Waals surface area contributed by atoms with Crippen molar-refractivity contribution >= 4 is 34.7 Å². The molecule has 2 aromatic carbocycles. The summed E-state index contributed by atoms with van der Waals surface area (Å²) in [7, 11) is 0. The minimum atomic E-state index is -0.275. The van der Waals surface area contributed by atoms with Crippen LogP contribution in [0, 0.1) is 0 Å². The first-order chi connectivity index (χ1) is 13.8. The SMILES string of the molecule is CC(C)(C)c1ccc(N2C(=O)C(c3ccc(Cl)cc3)=C(N3CCCC3)C2=O)cc1. The van der Waals surface area contributed by atoms with E-state index in [2.05, 4.69) is 20.8 Å². The fourth-order valence-electron chi connectivity index (χ4n) is 3.97. The van der Waals surface area contributed by atoms with E-state index in [1.165, 1.54) is 4.90 Å². The summed E-state index contributed by atoms with van der Waals surface area (Å²) in [6.07, 6.45) is 2.05. The third kappa shape index (κ3) is 3.58. The Labute approximate surface area is 176 Å². The molecule has 0 N–H and O–H groups in total. The molecule has 0 bridgehead atoms. The number of carbonyl (C=O) groups is 2. The van der Waals surface area contributed by atoms with Gasteiger partial charge in [-0.2, -0.15) is 0 Å². The van der Waals surface area contributed by atoms with Crippen LogP contribution in [-0.2, 0) is 15.0 Å². The predicted octanol–water partition coefficient (Wildman–Crippen LogP) is 5.02. The van der Waals surface area contributed by atoms with E-state index in [4.69, 9.17) is 11.6 Å². The zero-order chi connectivity index (χ0) is 20.8. The second-order valence-corrected chi connectivity index (χ2v) is 9.10. The Kier molecular flexibility index (Phi) is 4.99. The number of anilines is 1. The second-order valence-electron chi connectivity index (χ2n) is 8.67. The van der Waals surface area contributed by atoms with Crippen LogP contribution in [0.5, 0.6) is 0 Å². The van der Waals surface area contributed by atoms with Crippen LogP contribution in [0.3, 0.4) is 0 Å². The maximum Gasteiger partial charge on any atom is 0.282 e. The highest BCUT2D eigenvalue weighted by atomic mass is 35.5. The molecule has 5 heteroatoms. The average molecular weight is 409 g/mol. The number of hydrogen-bond donors (Lipinski definition) is 0. The van der Waals surface area contributed by atoms with Gasteiger partial charge in [-0.05, 0) is 53.6 Å². The van der Waals surface area contributed by atoms with E-state index >= 15 is 0 Å². The lowest BCUT2D eigenvalue weighted by molar-refractivity contribution is -0.120. The van der Waals surface area contributed by atoms with Crippen LogP contribution < -0.4 is 4.90 Å². The summed E-state index contributed by atoms with van der Waals surface area (Å²) in [5, 5.41) is 0.600. The van der Waals surface area contributed by atoms with Gasteiger partial charge >= 0.3 is 0 Å². The smallest absolute Gasteiger partial charge is 0.282 e. The summed E-state index contributed by atoms with van der Waals surface area (Å²) >= 11 is 6.03. The maximum atomic E-state index is 13.4. The van der Waals surface area contributed by atoms with Gasteiger partial charge in [0.2, 0.25) is 0 Å². The molecule has 1 saturated heterocycles. The predicted molar refractivity (Wildman–Crippen MR) is 117 cm³/mol. The number of likely N-dealkylation sites (tertiary alicyclic amines) is 1. The molecule has 0 unspecified atom stereocenters. The lowest BCUT2D eigenvalue weighted by Crippen LogP contribution is -2.34. The first-order valence-corrected chi connectivity index (χ1v) is 10.4. The van der Waals surface area contributed by atoms with Crippen molar-refractivity contribution in [3.63, 3.8) is 0 Å². The summed E-state index contributed by atoms with van der Waals surface area (Å²) < 4.78 is 0. The summed E-state index contributed by atoms with van der Waals surface area (Å²) in [6, 6.07) is 14.8. The highest BCUT2D eigenvalue weighted by Crippen LogP contribution is 2.37. The zero-order valence-corrected chi connectivity index (χ0v) is 17.8. The molecule has 0 saturated carbocycles. The highest BCUT2D eigenvalue weighted by Gasteiger charge is 2.43. The minimum Gasteiger partial charge on any atom is -0.366 e. The number of halogens is 1. The van der Waals surface area contributed by atoms with Gasteiger partial charge in [-0.3, -0.25) is 9.59 Å². The van der Waals surface area contributed by atoms with Crippen LogP contribution in [0.15, 0.2) is 54.2 Å². The number of imide groups is 1. The quantitative estimate of drug-likeness (QED) is 0.669. The number of benzene rings is 2. The molecule has 0 spiro atoms. The van der Waals surface area contributed by atoms with Crippen molar-refractivity contribution < 1.29 is 9.59 Å². The lowest BCUT2D eigenvalue weighted by Gasteiger charge is -2.22. The van der Waals surface area contributed by atoms with E-state index < -0.39 is 0 Å². The van der Waals surface area contributed by atoms with Crippen molar-refractivity contribution in [1.29, 1.82) is 0 Å². The molecular weight excluding hydrogens is 384 g/mol. The molecule has 2 aliphatic rings. The van der Waals surface area contributed by atoms with Crippen LogP contribution >= 0.6 is 11.6 Å². The molecule has 4 nitrogen and oxygen atoms in total. The van der Waals surface area contributed by atoms with Gasteiger partial charge in [0, 0.05) is 18.1 Å². The molecule has 150 valence electrons. The van der Waals surface area contributed by atoms with E-state index in [0.29, 0.717) is 22.0 Å². The zero-order valence-electron chi connectivity index (χ0n) is 17.0. The molecule has 2 aromatic rings. The summed E-state index contributed by atoms with van der Waals surface area (Å²) in [6.45, 7) is 8.00. The van der Waals surface area contributed by atoms with Crippen molar-refractivity contribution in [2.75, 3.05) is 18.0 Å². The Morgan fingerprint density at radius 2 is 1.41 bits per heavy atom. The summed E-state index contributed by atoms with van der Waals surface area (Å²) in [4.78, 5) is 30.2. The Balaban J connectivity index is 1.77. The van der Waals surface area contributed by atoms with E-state index in [9.17, 15) is 9.59 Å². The number of hydrogen-bond acceptors (Lipinski definition) is 3. The summed E-state index contributed by atoms with van der Waals surface area (Å²) in [5.41, 5.74) is 3.47. The molecule has 0 aromatic heterocycles. The molecule has 1 fully saturated rings. The standard InChI is InChI=1S/C24H25ClN2O2/c1-24(2,3)17-8-12-19(13-9-17)27-22(28)20(16-6-10-18(25)11-7-16)21(23(27)29)26-14-4-5-15-26/h6-13H,4-5,14-15H2,1-3H3. The normalized spacial score (nSPS) is 17.7.